The molecule has 0 rings (SSSR count). The average Bonchev–Trinajstić information content (AvgIpc) is 2.41. The molecule has 0 aliphatic rings. The van der Waals surface area contributed by atoms with E-state index in [1.54, 1.807) is 0 Å². The van der Waals surface area contributed by atoms with E-state index >= 15 is 0 Å². The summed E-state index contributed by atoms with van der Waals surface area (Å²) in [6.45, 7) is 5.36. The summed E-state index contributed by atoms with van der Waals surface area (Å²) in [5.74, 6) is -1.21. The van der Waals surface area contributed by atoms with Crippen molar-refractivity contribution in [2.24, 2.45) is 11.7 Å². The zero-order valence-corrected chi connectivity index (χ0v) is 14.4. The van der Waals surface area contributed by atoms with Gasteiger partial charge >= 0.3 is 5.97 Å². The van der Waals surface area contributed by atoms with Crippen LogP contribution in [-0.2, 0) is 14.4 Å². The number of carbonyl (C=O) groups excluding carboxylic acids is 2. The predicted octanol–water partition coefficient (Wildman–Crippen LogP) is 0.187. The Bertz CT molecular complexity index is 388. The van der Waals surface area contributed by atoms with E-state index in [0.29, 0.717) is 18.6 Å². The molecule has 0 aliphatic carbocycles. The molecular weight excluding hydrogens is 306 g/mol. The van der Waals surface area contributed by atoms with Gasteiger partial charge in [0.2, 0.25) is 11.8 Å². The molecule has 0 saturated carbocycles. The molecule has 0 unspecified atom stereocenters. The maximum Gasteiger partial charge on any atom is 0.326 e. The van der Waals surface area contributed by atoms with Crippen LogP contribution in [0.4, 0.5) is 0 Å². The van der Waals surface area contributed by atoms with Crippen LogP contribution in [-0.4, -0.2) is 53.0 Å². The van der Waals surface area contributed by atoms with Crippen LogP contribution < -0.4 is 16.4 Å². The molecular formula is C14H27N3O4S. The largest absolute Gasteiger partial charge is 0.480 e. The lowest BCUT2D eigenvalue weighted by Gasteiger charge is -2.23. The second-order valence-electron chi connectivity index (χ2n) is 5.66. The summed E-state index contributed by atoms with van der Waals surface area (Å²) >= 11 is 1.51. The molecule has 0 radical (unpaired) electrons. The van der Waals surface area contributed by atoms with Crippen molar-refractivity contribution < 1.29 is 19.5 Å². The summed E-state index contributed by atoms with van der Waals surface area (Å²) in [5, 5.41) is 14.2. The summed E-state index contributed by atoms with van der Waals surface area (Å²) < 4.78 is 0. The van der Waals surface area contributed by atoms with Crippen LogP contribution in [0.1, 0.15) is 33.6 Å². The van der Waals surface area contributed by atoms with Gasteiger partial charge in [0.25, 0.3) is 0 Å². The van der Waals surface area contributed by atoms with E-state index in [-0.39, 0.29) is 5.92 Å². The van der Waals surface area contributed by atoms with Gasteiger partial charge < -0.3 is 21.5 Å². The Balaban J connectivity index is 4.85. The minimum absolute atomic E-state index is 0.165. The van der Waals surface area contributed by atoms with Crippen molar-refractivity contribution in [3.05, 3.63) is 0 Å². The highest BCUT2D eigenvalue weighted by atomic mass is 32.2. The van der Waals surface area contributed by atoms with Crippen LogP contribution in [0.3, 0.4) is 0 Å². The quantitative estimate of drug-likeness (QED) is 0.453. The Kier molecular flexibility index (Phi) is 9.84. The van der Waals surface area contributed by atoms with Gasteiger partial charge in [0, 0.05) is 0 Å². The highest BCUT2D eigenvalue weighted by Crippen LogP contribution is 2.07. The molecule has 0 aromatic rings. The molecule has 0 bridgehead atoms. The topological polar surface area (TPSA) is 122 Å². The Morgan fingerprint density at radius 2 is 1.64 bits per heavy atom. The number of hydrogen-bond acceptors (Lipinski definition) is 5. The lowest BCUT2D eigenvalue weighted by Crippen LogP contribution is -2.54. The van der Waals surface area contributed by atoms with Crippen LogP contribution in [0.15, 0.2) is 0 Å². The third-order valence-corrected chi connectivity index (χ3v) is 3.62. The number of carboxylic acids is 1. The highest BCUT2D eigenvalue weighted by molar-refractivity contribution is 7.98. The third kappa shape index (κ3) is 8.23. The molecule has 22 heavy (non-hydrogen) atoms. The predicted molar refractivity (Wildman–Crippen MR) is 87.6 cm³/mol. The summed E-state index contributed by atoms with van der Waals surface area (Å²) in [6, 6.07) is -2.47. The van der Waals surface area contributed by atoms with Crippen LogP contribution in [0.5, 0.6) is 0 Å². The van der Waals surface area contributed by atoms with E-state index in [4.69, 9.17) is 10.8 Å². The molecule has 3 atom stereocenters. The number of aliphatic carboxylic acids is 1. The number of hydrogen-bond donors (Lipinski definition) is 4. The third-order valence-electron chi connectivity index (χ3n) is 2.98. The Labute approximate surface area is 135 Å². The molecule has 8 heteroatoms. The van der Waals surface area contributed by atoms with Gasteiger partial charge in [-0.2, -0.15) is 11.8 Å². The minimum Gasteiger partial charge on any atom is -0.480 e. The minimum atomic E-state index is -1.08. The molecule has 7 nitrogen and oxygen atoms in total. The molecule has 2 amide bonds. The number of thioether (sulfide) groups is 1. The molecule has 0 aromatic carbocycles. The lowest BCUT2D eigenvalue weighted by molar-refractivity contribution is -0.142. The first-order valence-corrected chi connectivity index (χ1v) is 8.66. The Hall–Kier alpha value is -1.28. The van der Waals surface area contributed by atoms with E-state index in [1.165, 1.54) is 18.7 Å². The fraction of sp³-hybridized carbons (Fsp3) is 0.786. The van der Waals surface area contributed by atoms with E-state index < -0.39 is 35.9 Å². The van der Waals surface area contributed by atoms with E-state index in [0.717, 1.165) is 0 Å². The zero-order valence-electron chi connectivity index (χ0n) is 13.6. The van der Waals surface area contributed by atoms with Crippen LogP contribution in [0.25, 0.3) is 0 Å². The fourth-order valence-electron chi connectivity index (χ4n) is 1.77. The van der Waals surface area contributed by atoms with Crippen LogP contribution in [0.2, 0.25) is 0 Å². The van der Waals surface area contributed by atoms with E-state index in [2.05, 4.69) is 10.6 Å². The number of amides is 2. The number of carboxylic acid groups (broad SMARTS) is 1. The molecule has 0 saturated heterocycles. The Morgan fingerprint density at radius 1 is 1.09 bits per heavy atom. The van der Waals surface area contributed by atoms with Crippen molar-refractivity contribution in [2.45, 2.75) is 51.7 Å². The van der Waals surface area contributed by atoms with Gasteiger partial charge in [0.05, 0.1) is 6.04 Å². The van der Waals surface area contributed by atoms with Crippen molar-refractivity contribution in [1.82, 2.24) is 10.6 Å². The van der Waals surface area contributed by atoms with Crippen molar-refractivity contribution in [3.63, 3.8) is 0 Å². The van der Waals surface area contributed by atoms with Crippen molar-refractivity contribution >= 4 is 29.5 Å². The average molecular weight is 333 g/mol. The first-order chi connectivity index (χ1) is 10.2. The van der Waals surface area contributed by atoms with Crippen molar-refractivity contribution in [1.29, 1.82) is 0 Å². The van der Waals surface area contributed by atoms with Gasteiger partial charge in [-0.25, -0.2) is 4.79 Å². The maximum atomic E-state index is 12.3. The molecule has 0 aromatic heterocycles. The number of nitrogens with two attached hydrogens (primary N) is 1. The number of carbonyl (C=O) groups is 3. The van der Waals surface area contributed by atoms with Gasteiger partial charge in [-0.3, -0.25) is 9.59 Å². The standard InChI is InChI=1S/C14H27N3O4S/c1-8(2)7-11(17-12(18)9(3)15)13(19)16-10(14(20)21)5-6-22-4/h8-11H,5-7,15H2,1-4H3,(H,16,19)(H,17,18)(H,20,21)/t9-,10-,11-/m0/s1. The number of nitrogens with one attached hydrogen (secondary N) is 2. The molecule has 128 valence electrons. The summed E-state index contributed by atoms with van der Waals surface area (Å²) in [4.78, 5) is 35.2. The highest BCUT2D eigenvalue weighted by Gasteiger charge is 2.27. The Morgan fingerprint density at radius 3 is 2.05 bits per heavy atom. The summed E-state index contributed by atoms with van der Waals surface area (Å²) in [5.41, 5.74) is 5.49. The zero-order chi connectivity index (χ0) is 17.3. The smallest absolute Gasteiger partial charge is 0.326 e. The second kappa shape index (κ2) is 10.4. The molecule has 0 heterocycles. The fourth-order valence-corrected chi connectivity index (χ4v) is 2.24. The van der Waals surface area contributed by atoms with Gasteiger partial charge in [0.1, 0.15) is 12.1 Å². The van der Waals surface area contributed by atoms with Crippen LogP contribution in [0, 0.1) is 5.92 Å². The SMILES string of the molecule is CSCC[C@H](NC(=O)[C@H](CC(C)C)NC(=O)[C@H](C)N)C(=O)O. The second-order valence-corrected chi connectivity index (χ2v) is 6.65. The van der Waals surface area contributed by atoms with Crippen molar-refractivity contribution in [2.75, 3.05) is 12.0 Å². The van der Waals surface area contributed by atoms with Crippen LogP contribution >= 0.6 is 11.8 Å². The molecule has 0 fully saturated rings. The molecule has 0 aliphatic heterocycles. The normalized spacial score (nSPS) is 15.0. The van der Waals surface area contributed by atoms with Gasteiger partial charge in [-0.1, -0.05) is 13.8 Å². The van der Waals surface area contributed by atoms with Gasteiger partial charge in [0.15, 0.2) is 0 Å². The number of rotatable bonds is 10. The summed E-state index contributed by atoms with van der Waals surface area (Å²) in [6.07, 6.45) is 2.61. The van der Waals surface area contributed by atoms with E-state index in [9.17, 15) is 14.4 Å². The van der Waals surface area contributed by atoms with Crippen molar-refractivity contribution in [3.8, 4) is 0 Å². The molecule has 5 N–H and O–H groups in total. The van der Waals surface area contributed by atoms with Gasteiger partial charge in [-0.05, 0) is 37.7 Å². The first-order valence-electron chi connectivity index (χ1n) is 7.27. The van der Waals surface area contributed by atoms with E-state index in [1.807, 2.05) is 20.1 Å². The maximum absolute atomic E-state index is 12.3. The van der Waals surface area contributed by atoms with Gasteiger partial charge in [-0.15, -0.1) is 0 Å². The molecule has 0 spiro atoms. The lowest BCUT2D eigenvalue weighted by atomic mass is 10.0. The monoisotopic (exact) mass is 333 g/mol. The first kappa shape index (κ1) is 20.7. The summed E-state index contributed by atoms with van der Waals surface area (Å²) in [7, 11) is 0.